The molecule has 2 heteroatoms. The van der Waals surface area contributed by atoms with Gasteiger partial charge >= 0.3 is 0 Å². The van der Waals surface area contributed by atoms with E-state index in [2.05, 4.69) is 22.5 Å². The monoisotopic (exact) mass is 178 g/mol. The van der Waals surface area contributed by atoms with Crippen LogP contribution in [0, 0.1) is 0 Å². The van der Waals surface area contributed by atoms with Crippen molar-refractivity contribution in [3.63, 3.8) is 0 Å². The predicted octanol–water partition coefficient (Wildman–Crippen LogP) is 3.12. The number of allylic oxidation sites excluding steroid dienone is 1. The first-order valence-corrected chi connectivity index (χ1v) is 3.57. The summed E-state index contributed by atoms with van der Waals surface area (Å²) in [5.41, 5.74) is 0. The quantitative estimate of drug-likeness (QED) is 0.627. The fraction of sp³-hybridized carbons (Fsp3) is 0.200. The van der Waals surface area contributed by atoms with Gasteiger partial charge in [0, 0.05) is 3.81 Å². The van der Waals surface area contributed by atoms with Crippen LogP contribution in [0.1, 0.15) is 6.92 Å². The van der Waals surface area contributed by atoms with Crippen molar-refractivity contribution in [3.8, 4) is 0 Å². The van der Waals surface area contributed by atoms with Gasteiger partial charge in [-0.1, -0.05) is 24.4 Å². The van der Waals surface area contributed by atoms with E-state index in [0.717, 1.165) is 3.81 Å². The first-order valence-electron chi connectivity index (χ1n) is 1.89. The fourth-order valence-electron chi connectivity index (χ4n) is 0.142. The molecule has 0 atom stereocenters. The van der Waals surface area contributed by atoms with Gasteiger partial charge in [-0.05, 0) is 28.3 Å². The molecule has 0 aliphatic carbocycles. The summed E-state index contributed by atoms with van der Waals surface area (Å²) < 4.78 is 0.950. The molecule has 0 radical (unpaired) electrons. The van der Waals surface area contributed by atoms with E-state index in [1.807, 2.05) is 18.4 Å². The Morgan fingerprint density at radius 2 is 2.43 bits per heavy atom. The maximum Gasteiger partial charge on any atom is 0.0473 e. The second kappa shape index (κ2) is 4.47. The molecular formula is C5H7BrS. The van der Waals surface area contributed by atoms with Gasteiger partial charge in [0.25, 0.3) is 0 Å². The van der Waals surface area contributed by atoms with Crippen LogP contribution in [0.15, 0.2) is 21.9 Å². The smallest absolute Gasteiger partial charge is 0.0473 e. The molecule has 0 aliphatic rings. The van der Waals surface area contributed by atoms with Crippen LogP contribution >= 0.6 is 27.7 Å². The summed E-state index contributed by atoms with van der Waals surface area (Å²) in [5, 5.41) is 1.97. The maximum atomic E-state index is 3.62. The molecule has 0 spiro atoms. The van der Waals surface area contributed by atoms with Gasteiger partial charge in [-0.15, -0.1) is 0 Å². The molecule has 0 heterocycles. The van der Waals surface area contributed by atoms with Gasteiger partial charge in [0.2, 0.25) is 0 Å². The van der Waals surface area contributed by atoms with Crippen molar-refractivity contribution < 1.29 is 0 Å². The van der Waals surface area contributed by atoms with Crippen LogP contribution in [0.5, 0.6) is 0 Å². The Morgan fingerprint density at radius 3 is 2.57 bits per heavy atom. The lowest BCUT2D eigenvalue weighted by atomic mass is 10.8. The Labute approximate surface area is 56.8 Å². The molecule has 0 N–H and O–H groups in total. The third-order valence-electron chi connectivity index (χ3n) is 0.332. The molecule has 0 bridgehead atoms. The van der Waals surface area contributed by atoms with E-state index in [1.54, 1.807) is 11.8 Å². The van der Waals surface area contributed by atoms with Crippen LogP contribution in [-0.4, -0.2) is 0 Å². The Balaban J connectivity index is 3.14. The summed E-state index contributed by atoms with van der Waals surface area (Å²) in [7, 11) is 0. The molecule has 0 amide bonds. The zero-order chi connectivity index (χ0) is 5.70. The Kier molecular flexibility index (Phi) is 4.67. The first-order chi connectivity index (χ1) is 3.27. The molecule has 0 aromatic heterocycles. The van der Waals surface area contributed by atoms with Crippen molar-refractivity contribution in [3.05, 3.63) is 21.9 Å². The van der Waals surface area contributed by atoms with E-state index < -0.39 is 0 Å². The molecule has 0 aromatic carbocycles. The van der Waals surface area contributed by atoms with Crippen molar-refractivity contribution in [2.45, 2.75) is 6.92 Å². The van der Waals surface area contributed by atoms with Crippen LogP contribution in [-0.2, 0) is 0 Å². The van der Waals surface area contributed by atoms with E-state index in [4.69, 9.17) is 0 Å². The average molecular weight is 179 g/mol. The summed E-state index contributed by atoms with van der Waals surface area (Å²) in [6.45, 7) is 5.60. The second-order valence-corrected chi connectivity index (χ2v) is 3.43. The van der Waals surface area contributed by atoms with E-state index in [9.17, 15) is 0 Å². The summed E-state index contributed by atoms with van der Waals surface area (Å²) in [6, 6.07) is 0. The van der Waals surface area contributed by atoms with Crippen molar-refractivity contribution in [2.75, 3.05) is 0 Å². The molecule has 0 saturated carbocycles. The standard InChI is InChI=1S/C5H7BrS/c1-3-4-7-5(2)6/h3-4H,2H2,1H3/b4-3-. The molecule has 0 unspecified atom stereocenters. The van der Waals surface area contributed by atoms with Gasteiger partial charge in [0.05, 0.1) is 0 Å². The van der Waals surface area contributed by atoms with Crippen molar-refractivity contribution in [1.82, 2.24) is 0 Å². The lowest BCUT2D eigenvalue weighted by Crippen LogP contribution is -1.44. The van der Waals surface area contributed by atoms with Crippen LogP contribution in [0.2, 0.25) is 0 Å². The SMILES string of the molecule is C=C(Br)S/C=C\C. The van der Waals surface area contributed by atoms with E-state index >= 15 is 0 Å². The number of rotatable bonds is 2. The number of hydrogen-bond donors (Lipinski definition) is 0. The van der Waals surface area contributed by atoms with Crippen molar-refractivity contribution >= 4 is 27.7 Å². The minimum absolute atomic E-state index is 0.950. The molecule has 0 rings (SSSR count). The molecular weight excluding hydrogens is 172 g/mol. The molecule has 0 aliphatic heterocycles. The summed E-state index contributed by atoms with van der Waals surface area (Å²) >= 11 is 4.77. The van der Waals surface area contributed by atoms with E-state index in [-0.39, 0.29) is 0 Å². The molecule has 40 valence electrons. The minimum Gasteiger partial charge on any atom is -0.0914 e. The van der Waals surface area contributed by atoms with Gasteiger partial charge in [-0.2, -0.15) is 0 Å². The highest BCUT2D eigenvalue weighted by atomic mass is 79.9. The summed E-state index contributed by atoms with van der Waals surface area (Å²) in [5.74, 6) is 0. The van der Waals surface area contributed by atoms with Crippen LogP contribution in [0.4, 0.5) is 0 Å². The lowest BCUT2D eigenvalue weighted by Gasteiger charge is -1.81. The number of thioether (sulfide) groups is 1. The number of hydrogen-bond acceptors (Lipinski definition) is 1. The van der Waals surface area contributed by atoms with Gasteiger partial charge in [-0.3, -0.25) is 0 Å². The van der Waals surface area contributed by atoms with Crippen molar-refractivity contribution in [2.24, 2.45) is 0 Å². The molecule has 7 heavy (non-hydrogen) atoms. The molecule has 0 saturated heterocycles. The van der Waals surface area contributed by atoms with E-state index in [0.29, 0.717) is 0 Å². The topological polar surface area (TPSA) is 0 Å². The first kappa shape index (κ1) is 7.31. The van der Waals surface area contributed by atoms with Crippen molar-refractivity contribution in [1.29, 1.82) is 0 Å². The van der Waals surface area contributed by atoms with E-state index in [1.165, 1.54) is 0 Å². The normalized spacial score (nSPS) is 10.0. The Hall–Kier alpha value is 0.310. The van der Waals surface area contributed by atoms with Crippen LogP contribution < -0.4 is 0 Å². The average Bonchev–Trinajstić information content (AvgIpc) is 1.61. The highest BCUT2D eigenvalue weighted by Crippen LogP contribution is 2.19. The summed E-state index contributed by atoms with van der Waals surface area (Å²) in [4.78, 5) is 0. The maximum absolute atomic E-state index is 3.62. The molecule has 0 fully saturated rings. The second-order valence-electron chi connectivity index (χ2n) is 0.942. The lowest BCUT2D eigenvalue weighted by molar-refractivity contribution is 1.79. The fourth-order valence-corrected chi connectivity index (χ4v) is 0.749. The Bertz CT molecular complexity index is 86.1. The van der Waals surface area contributed by atoms with Gasteiger partial charge in [0.15, 0.2) is 0 Å². The highest BCUT2D eigenvalue weighted by molar-refractivity contribution is 9.14. The zero-order valence-corrected chi connectivity index (χ0v) is 6.55. The minimum atomic E-state index is 0.950. The largest absolute Gasteiger partial charge is 0.0914 e. The van der Waals surface area contributed by atoms with Gasteiger partial charge in [0.1, 0.15) is 0 Å². The van der Waals surface area contributed by atoms with Crippen LogP contribution in [0.3, 0.4) is 0 Å². The molecule has 0 aromatic rings. The molecule has 0 nitrogen and oxygen atoms in total. The van der Waals surface area contributed by atoms with Gasteiger partial charge < -0.3 is 0 Å². The zero-order valence-electron chi connectivity index (χ0n) is 4.15. The Morgan fingerprint density at radius 1 is 1.86 bits per heavy atom. The highest BCUT2D eigenvalue weighted by Gasteiger charge is 1.76. The van der Waals surface area contributed by atoms with Crippen LogP contribution in [0.25, 0.3) is 0 Å². The summed E-state index contributed by atoms with van der Waals surface area (Å²) in [6.07, 6.45) is 1.97. The third-order valence-corrected chi connectivity index (χ3v) is 1.56. The number of halogens is 1. The third kappa shape index (κ3) is 6.31. The van der Waals surface area contributed by atoms with Gasteiger partial charge in [-0.25, -0.2) is 0 Å². The predicted molar refractivity (Wildman–Crippen MR) is 40.5 cm³/mol.